The minimum atomic E-state index is -0.963. The molecular weight excluding hydrogens is 388 g/mol. The number of hydrogen-bond donors (Lipinski definition) is 2. The lowest BCUT2D eigenvalue weighted by molar-refractivity contribution is -0.134. The number of benzene rings is 1. The Bertz CT molecular complexity index is 652. The zero-order valence-electron chi connectivity index (χ0n) is 17.6. The van der Waals surface area contributed by atoms with Crippen LogP contribution in [0.4, 0.5) is 0 Å². The predicted molar refractivity (Wildman–Crippen MR) is 112 cm³/mol. The van der Waals surface area contributed by atoms with Gasteiger partial charge in [0.25, 0.3) is 0 Å². The third-order valence-electron chi connectivity index (χ3n) is 5.57. The van der Waals surface area contributed by atoms with Gasteiger partial charge in [0.1, 0.15) is 18.5 Å². The first-order valence-electron chi connectivity index (χ1n) is 10.9. The van der Waals surface area contributed by atoms with Crippen molar-refractivity contribution in [3.63, 3.8) is 0 Å². The number of fused-ring (bicyclic) bond motifs is 1. The van der Waals surface area contributed by atoms with Crippen LogP contribution in [0, 0.1) is 0 Å². The number of carbonyl (C=O) groups excluding carboxylic acids is 1. The number of carbonyl (C=O) groups is 1. The summed E-state index contributed by atoms with van der Waals surface area (Å²) in [6.07, 6.45) is -0.0144. The second-order valence-corrected chi connectivity index (χ2v) is 7.83. The molecule has 0 unspecified atom stereocenters. The molecule has 2 heterocycles. The molecular formula is C22H34N2O6. The van der Waals surface area contributed by atoms with Gasteiger partial charge in [-0.25, -0.2) is 0 Å². The Morgan fingerprint density at radius 2 is 1.77 bits per heavy atom. The van der Waals surface area contributed by atoms with E-state index >= 15 is 0 Å². The molecule has 0 radical (unpaired) electrons. The minimum Gasteiger partial charge on any atom is -0.491 e. The highest BCUT2D eigenvalue weighted by atomic mass is 16.5. The lowest BCUT2D eigenvalue weighted by Gasteiger charge is -2.30. The van der Waals surface area contributed by atoms with Gasteiger partial charge in [-0.1, -0.05) is 18.2 Å². The topological polar surface area (TPSA) is 91.7 Å². The summed E-state index contributed by atoms with van der Waals surface area (Å²) < 4.78 is 16.9. The van der Waals surface area contributed by atoms with Crippen LogP contribution in [-0.4, -0.2) is 104 Å². The Labute approximate surface area is 178 Å². The van der Waals surface area contributed by atoms with Gasteiger partial charge in [-0.2, -0.15) is 0 Å². The quantitative estimate of drug-likeness (QED) is 0.708. The van der Waals surface area contributed by atoms with Crippen molar-refractivity contribution in [3.05, 3.63) is 29.8 Å². The molecule has 1 saturated heterocycles. The molecule has 2 aliphatic heterocycles. The van der Waals surface area contributed by atoms with Crippen molar-refractivity contribution >= 4 is 5.91 Å². The molecule has 1 amide bonds. The van der Waals surface area contributed by atoms with Crippen molar-refractivity contribution in [2.24, 2.45) is 0 Å². The molecule has 30 heavy (non-hydrogen) atoms. The van der Waals surface area contributed by atoms with Crippen LogP contribution in [0.3, 0.4) is 0 Å². The molecule has 0 spiro atoms. The SMILES string of the molecule is O=C(CN1CCOCC1)N1CCOc2ccccc2CCCOC[C@@H](O)[C@@H](O)CC1. The van der Waals surface area contributed by atoms with E-state index in [1.807, 2.05) is 24.3 Å². The lowest BCUT2D eigenvalue weighted by atomic mass is 10.1. The zero-order valence-corrected chi connectivity index (χ0v) is 17.6. The standard InChI is InChI=1S/C22H34N2O6/c25-19-7-8-24(22(27)16-23-9-13-28-14-10-23)11-15-30-21-6-2-1-4-18(21)5-3-12-29-17-20(19)26/h1-2,4,6,19-20,25-26H,3,5,7-17H2/t19-,20+/m0/s1. The molecule has 1 aromatic rings. The van der Waals surface area contributed by atoms with E-state index in [9.17, 15) is 15.0 Å². The number of aryl methyl sites for hydroxylation is 1. The molecule has 2 N–H and O–H groups in total. The number of ether oxygens (including phenoxy) is 3. The second kappa shape index (κ2) is 12.2. The molecule has 1 fully saturated rings. The lowest BCUT2D eigenvalue weighted by Crippen LogP contribution is -2.47. The van der Waals surface area contributed by atoms with Gasteiger partial charge in [0.15, 0.2) is 0 Å². The van der Waals surface area contributed by atoms with E-state index in [-0.39, 0.29) is 18.9 Å². The molecule has 0 aliphatic carbocycles. The van der Waals surface area contributed by atoms with Gasteiger partial charge in [0.2, 0.25) is 5.91 Å². The summed E-state index contributed by atoms with van der Waals surface area (Å²) in [5.74, 6) is 0.823. The summed E-state index contributed by atoms with van der Waals surface area (Å²) in [5.41, 5.74) is 1.10. The second-order valence-electron chi connectivity index (χ2n) is 7.83. The molecule has 2 aliphatic rings. The van der Waals surface area contributed by atoms with Gasteiger partial charge in [-0.15, -0.1) is 0 Å². The number of nitrogens with zero attached hydrogens (tertiary/aromatic N) is 2. The first-order valence-corrected chi connectivity index (χ1v) is 10.9. The number of aliphatic hydroxyl groups is 2. The highest BCUT2D eigenvalue weighted by molar-refractivity contribution is 5.78. The summed E-state index contributed by atoms with van der Waals surface area (Å²) >= 11 is 0. The number of aliphatic hydroxyl groups excluding tert-OH is 2. The summed E-state index contributed by atoms with van der Waals surface area (Å²) in [5, 5.41) is 20.4. The van der Waals surface area contributed by atoms with Crippen molar-refractivity contribution in [2.75, 3.05) is 65.8 Å². The van der Waals surface area contributed by atoms with Crippen molar-refractivity contribution < 1.29 is 29.2 Å². The monoisotopic (exact) mass is 422 g/mol. The molecule has 2 atom stereocenters. The van der Waals surface area contributed by atoms with Crippen molar-refractivity contribution in [2.45, 2.75) is 31.5 Å². The summed E-state index contributed by atoms with van der Waals surface area (Å²) in [4.78, 5) is 16.7. The number of rotatable bonds is 2. The van der Waals surface area contributed by atoms with E-state index in [0.29, 0.717) is 46.1 Å². The average molecular weight is 423 g/mol. The third-order valence-corrected chi connectivity index (χ3v) is 5.57. The Kier molecular flexibility index (Phi) is 9.35. The zero-order chi connectivity index (χ0) is 21.2. The van der Waals surface area contributed by atoms with Gasteiger partial charge in [-0.05, 0) is 30.9 Å². The van der Waals surface area contributed by atoms with Crippen LogP contribution in [0.1, 0.15) is 18.4 Å². The molecule has 168 valence electrons. The first-order chi connectivity index (χ1) is 14.6. The number of morpholine rings is 1. The molecule has 8 nitrogen and oxygen atoms in total. The summed E-state index contributed by atoms with van der Waals surface area (Å²) in [6.45, 7) is 4.82. The normalized spacial score (nSPS) is 25.5. The van der Waals surface area contributed by atoms with Gasteiger partial charge in [-0.3, -0.25) is 9.69 Å². The van der Waals surface area contributed by atoms with E-state index in [1.54, 1.807) is 4.90 Å². The van der Waals surface area contributed by atoms with Gasteiger partial charge >= 0.3 is 0 Å². The molecule has 3 rings (SSSR count). The fraction of sp³-hybridized carbons (Fsp3) is 0.682. The van der Waals surface area contributed by atoms with Crippen molar-refractivity contribution in [1.29, 1.82) is 0 Å². The van der Waals surface area contributed by atoms with E-state index in [1.165, 1.54) is 0 Å². The van der Waals surface area contributed by atoms with Gasteiger partial charge in [0, 0.05) is 26.2 Å². The van der Waals surface area contributed by atoms with Crippen LogP contribution < -0.4 is 4.74 Å². The van der Waals surface area contributed by atoms with Crippen LogP contribution in [0.25, 0.3) is 0 Å². The fourth-order valence-electron chi connectivity index (χ4n) is 3.69. The average Bonchev–Trinajstić information content (AvgIpc) is 2.76. The predicted octanol–water partition coefficient (Wildman–Crippen LogP) is 0.301. The van der Waals surface area contributed by atoms with E-state index in [0.717, 1.165) is 37.2 Å². The Morgan fingerprint density at radius 1 is 0.967 bits per heavy atom. The highest BCUT2D eigenvalue weighted by Crippen LogP contribution is 2.20. The first kappa shape index (κ1) is 23.0. The Hall–Kier alpha value is -1.71. The maximum absolute atomic E-state index is 12.9. The highest BCUT2D eigenvalue weighted by Gasteiger charge is 2.23. The van der Waals surface area contributed by atoms with Crippen LogP contribution >= 0.6 is 0 Å². The number of amides is 1. The minimum absolute atomic E-state index is 0.00367. The van der Waals surface area contributed by atoms with Crippen LogP contribution in [0.5, 0.6) is 5.75 Å². The number of hydrogen-bond acceptors (Lipinski definition) is 7. The Balaban J connectivity index is 1.65. The van der Waals surface area contributed by atoms with Crippen LogP contribution in [0.15, 0.2) is 24.3 Å². The number of para-hydroxylation sites is 1. The van der Waals surface area contributed by atoms with E-state index < -0.39 is 12.2 Å². The molecule has 0 aromatic heterocycles. The molecule has 0 saturated carbocycles. The van der Waals surface area contributed by atoms with Crippen LogP contribution in [0.2, 0.25) is 0 Å². The van der Waals surface area contributed by atoms with E-state index in [2.05, 4.69) is 4.90 Å². The largest absolute Gasteiger partial charge is 0.491 e. The summed E-state index contributed by atoms with van der Waals surface area (Å²) in [7, 11) is 0. The Morgan fingerprint density at radius 3 is 2.60 bits per heavy atom. The smallest absolute Gasteiger partial charge is 0.236 e. The maximum Gasteiger partial charge on any atom is 0.236 e. The molecule has 8 heteroatoms. The van der Waals surface area contributed by atoms with Crippen molar-refractivity contribution in [3.8, 4) is 5.75 Å². The van der Waals surface area contributed by atoms with E-state index in [4.69, 9.17) is 14.2 Å². The maximum atomic E-state index is 12.9. The third kappa shape index (κ3) is 7.21. The van der Waals surface area contributed by atoms with Crippen LogP contribution in [-0.2, 0) is 20.7 Å². The van der Waals surface area contributed by atoms with Gasteiger partial charge < -0.3 is 29.3 Å². The molecule has 0 bridgehead atoms. The van der Waals surface area contributed by atoms with Crippen molar-refractivity contribution in [1.82, 2.24) is 9.80 Å². The fourth-order valence-corrected chi connectivity index (χ4v) is 3.69. The molecule has 1 aromatic carbocycles. The summed E-state index contributed by atoms with van der Waals surface area (Å²) in [6, 6.07) is 7.90. The van der Waals surface area contributed by atoms with Gasteiger partial charge in [0.05, 0.1) is 39.0 Å².